The average Bonchev–Trinajstić information content (AvgIpc) is 2.45. The number of halogens is 1. The van der Waals surface area contributed by atoms with Crippen LogP contribution in [0.15, 0.2) is 42.5 Å². The quantitative estimate of drug-likeness (QED) is 0.850. The number of ether oxygens (including phenoxy) is 1. The summed E-state index contributed by atoms with van der Waals surface area (Å²) in [7, 11) is 0. The maximum Gasteiger partial charge on any atom is 0.265 e. The summed E-state index contributed by atoms with van der Waals surface area (Å²) in [6.07, 6.45) is -0.773. The van der Waals surface area contributed by atoms with Gasteiger partial charge >= 0.3 is 0 Å². The molecule has 0 aliphatic carbocycles. The lowest BCUT2D eigenvalue weighted by atomic mass is 10.2. The molecule has 0 radical (unpaired) electrons. The topological polar surface area (TPSA) is 64.3 Å². The van der Waals surface area contributed by atoms with Gasteiger partial charge in [0.25, 0.3) is 5.91 Å². The second-order valence-electron chi connectivity index (χ2n) is 4.75. The largest absolute Gasteiger partial charge is 0.481 e. The number of para-hydroxylation sites is 2. The molecule has 1 unspecified atom stereocenters. The molecule has 0 aliphatic rings. The van der Waals surface area contributed by atoms with Crippen molar-refractivity contribution in [2.45, 2.75) is 20.0 Å². The summed E-state index contributed by atoms with van der Waals surface area (Å²) in [5.41, 5.74) is 7.51. The molecule has 0 fully saturated rings. The van der Waals surface area contributed by atoms with Crippen LogP contribution < -0.4 is 15.8 Å². The van der Waals surface area contributed by atoms with Crippen LogP contribution in [0.2, 0.25) is 0 Å². The number of anilines is 2. The van der Waals surface area contributed by atoms with Crippen LogP contribution in [0.5, 0.6) is 5.75 Å². The fraction of sp³-hybridized carbons (Fsp3) is 0.188. The summed E-state index contributed by atoms with van der Waals surface area (Å²) < 4.78 is 18.7. The molecular weight excluding hydrogens is 271 g/mol. The minimum absolute atomic E-state index is 0.346. The molecule has 21 heavy (non-hydrogen) atoms. The fourth-order valence-electron chi connectivity index (χ4n) is 1.79. The zero-order chi connectivity index (χ0) is 15.4. The zero-order valence-corrected chi connectivity index (χ0v) is 11.9. The predicted octanol–water partition coefficient (Wildman–Crippen LogP) is 3.12. The number of hydrogen-bond donors (Lipinski definition) is 2. The van der Waals surface area contributed by atoms with Gasteiger partial charge in [-0.25, -0.2) is 4.39 Å². The van der Waals surface area contributed by atoms with Crippen molar-refractivity contribution >= 4 is 17.3 Å². The molecule has 0 heterocycles. The Balaban J connectivity index is 2.06. The number of benzene rings is 2. The summed E-state index contributed by atoms with van der Waals surface area (Å²) in [4.78, 5) is 12.1. The van der Waals surface area contributed by atoms with Gasteiger partial charge in [-0.05, 0) is 37.6 Å². The van der Waals surface area contributed by atoms with E-state index in [9.17, 15) is 9.18 Å². The van der Waals surface area contributed by atoms with Crippen LogP contribution in [0, 0.1) is 12.7 Å². The van der Waals surface area contributed by atoms with Gasteiger partial charge in [0.15, 0.2) is 6.10 Å². The third-order valence-electron chi connectivity index (χ3n) is 3.04. The molecule has 0 saturated carbocycles. The molecule has 2 rings (SSSR count). The lowest BCUT2D eigenvalue weighted by Gasteiger charge is -2.17. The van der Waals surface area contributed by atoms with Gasteiger partial charge in [-0.2, -0.15) is 0 Å². The van der Waals surface area contributed by atoms with Gasteiger partial charge in [0, 0.05) is 6.07 Å². The minimum Gasteiger partial charge on any atom is -0.481 e. The van der Waals surface area contributed by atoms with Gasteiger partial charge in [0.2, 0.25) is 0 Å². The molecular formula is C16H17FN2O2. The van der Waals surface area contributed by atoms with Crippen molar-refractivity contribution in [1.29, 1.82) is 0 Å². The monoisotopic (exact) mass is 288 g/mol. The maximum absolute atomic E-state index is 13.2. The zero-order valence-electron chi connectivity index (χ0n) is 11.9. The van der Waals surface area contributed by atoms with Crippen molar-refractivity contribution in [2.75, 3.05) is 11.1 Å². The third-order valence-corrected chi connectivity index (χ3v) is 3.04. The van der Waals surface area contributed by atoms with E-state index in [2.05, 4.69) is 5.32 Å². The van der Waals surface area contributed by atoms with Gasteiger partial charge < -0.3 is 15.8 Å². The Morgan fingerprint density at radius 1 is 1.29 bits per heavy atom. The molecule has 0 spiro atoms. The van der Waals surface area contributed by atoms with E-state index in [1.54, 1.807) is 44.2 Å². The maximum atomic E-state index is 13.2. The van der Waals surface area contributed by atoms with E-state index in [0.717, 1.165) is 5.56 Å². The van der Waals surface area contributed by atoms with E-state index in [4.69, 9.17) is 10.5 Å². The first-order valence-electron chi connectivity index (χ1n) is 6.55. The highest BCUT2D eigenvalue weighted by atomic mass is 19.1. The van der Waals surface area contributed by atoms with E-state index < -0.39 is 11.9 Å². The smallest absolute Gasteiger partial charge is 0.265 e. The lowest BCUT2D eigenvalue weighted by molar-refractivity contribution is -0.122. The molecule has 0 aromatic heterocycles. The van der Waals surface area contributed by atoms with Crippen molar-refractivity contribution < 1.29 is 13.9 Å². The Hall–Kier alpha value is -2.56. The highest BCUT2D eigenvalue weighted by molar-refractivity contribution is 5.96. The Labute approximate surface area is 122 Å². The number of hydrogen-bond acceptors (Lipinski definition) is 3. The Kier molecular flexibility index (Phi) is 4.42. The first-order chi connectivity index (χ1) is 9.97. The molecule has 110 valence electrons. The van der Waals surface area contributed by atoms with E-state index >= 15 is 0 Å². The first-order valence-corrected chi connectivity index (χ1v) is 6.55. The summed E-state index contributed by atoms with van der Waals surface area (Å²) in [6.45, 7) is 3.38. The Bertz CT molecular complexity index is 658. The minimum atomic E-state index is -0.773. The summed E-state index contributed by atoms with van der Waals surface area (Å²) in [6, 6.07) is 11.2. The average molecular weight is 288 g/mol. The Morgan fingerprint density at radius 2 is 2.00 bits per heavy atom. The highest BCUT2D eigenvalue weighted by Crippen LogP contribution is 2.21. The molecule has 0 saturated heterocycles. The van der Waals surface area contributed by atoms with E-state index in [0.29, 0.717) is 17.1 Å². The molecule has 0 bridgehead atoms. The molecule has 2 aromatic carbocycles. The molecule has 0 aliphatic heterocycles. The summed E-state index contributed by atoms with van der Waals surface area (Å²) >= 11 is 0. The normalized spacial score (nSPS) is 11.8. The van der Waals surface area contributed by atoms with E-state index in [1.807, 2.05) is 0 Å². The van der Waals surface area contributed by atoms with Crippen LogP contribution in [0.3, 0.4) is 0 Å². The number of carbonyl (C=O) groups is 1. The van der Waals surface area contributed by atoms with E-state index in [-0.39, 0.29) is 5.91 Å². The first kappa shape index (κ1) is 14.8. The number of nitrogens with one attached hydrogen (secondary N) is 1. The number of rotatable bonds is 4. The van der Waals surface area contributed by atoms with Crippen LogP contribution >= 0.6 is 0 Å². The number of aryl methyl sites for hydroxylation is 1. The van der Waals surface area contributed by atoms with Crippen molar-refractivity contribution in [3.63, 3.8) is 0 Å². The van der Waals surface area contributed by atoms with Crippen molar-refractivity contribution in [1.82, 2.24) is 0 Å². The van der Waals surface area contributed by atoms with Crippen LogP contribution in [-0.4, -0.2) is 12.0 Å². The molecule has 1 atom stereocenters. The van der Waals surface area contributed by atoms with Crippen LogP contribution in [0.1, 0.15) is 12.5 Å². The summed E-state index contributed by atoms with van der Waals surface area (Å²) in [5, 5.41) is 2.68. The lowest BCUT2D eigenvalue weighted by Crippen LogP contribution is -2.30. The van der Waals surface area contributed by atoms with Gasteiger partial charge in [-0.15, -0.1) is 0 Å². The molecule has 3 N–H and O–H groups in total. The molecule has 5 heteroatoms. The van der Waals surface area contributed by atoms with Crippen molar-refractivity contribution in [3.8, 4) is 5.75 Å². The second-order valence-corrected chi connectivity index (χ2v) is 4.75. The van der Waals surface area contributed by atoms with Gasteiger partial charge in [0.1, 0.15) is 11.6 Å². The van der Waals surface area contributed by atoms with Gasteiger partial charge in [-0.1, -0.05) is 18.2 Å². The SMILES string of the molecule is Cc1ccc(F)cc1OC(C)C(=O)Nc1ccccc1N. The molecule has 1 amide bonds. The van der Waals surface area contributed by atoms with Crippen LogP contribution in [-0.2, 0) is 4.79 Å². The number of nitrogens with two attached hydrogens (primary N) is 1. The van der Waals surface area contributed by atoms with E-state index in [1.165, 1.54) is 12.1 Å². The van der Waals surface area contributed by atoms with Crippen molar-refractivity contribution in [3.05, 3.63) is 53.8 Å². The predicted molar refractivity (Wildman–Crippen MR) is 80.7 cm³/mol. The second kappa shape index (κ2) is 6.26. The third kappa shape index (κ3) is 3.72. The standard InChI is InChI=1S/C16H17FN2O2/c1-10-7-8-12(17)9-15(10)21-11(2)16(20)19-14-6-4-3-5-13(14)18/h3-9,11H,18H2,1-2H3,(H,19,20). The number of amides is 1. The van der Waals surface area contributed by atoms with Crippen molar-refractivity contribution in [2.24, 2.45) is 0 Å². The van der Waals surface area contributed by atoms with Gasteiger partial charge in [0.05, 0.1) is 11.4 Å². The van der Waals surface area contributed by atoms with Crippen LogP contribution in [0.4, 0.5) is 15.8 Å². The molecule has 2 aromatic rings. The number of nitrogen functional groups attached to an aromatic ring is 1. The molecule has 4 nitrogen and oxygen atoms in total. The highest BCUT2D eigenvalue weighted by Gasteiger charge is 2.17. The van der Waals surface area contributed by atoms with Crippen LogP contribution in [0.25, 0.3) is 0 Å². The van der Waals surface area contributed by atoms with Gasteiger partial charge in [-0.3, -0.25) is 4.79 Å². The summed E-state index contributed by atoms with van der Waals surface area (Å²) in [5.74, 6) is -0.411. The number of carbonyl (C=O) groups excluding carboxylic acids is 1. The Morgan fingerprint density at radius 3 is 2.71 bits per heavy atom. The fourth-order valence-corrected chi connectivity index (χ4v) is 1.79.